The number of aliphatic imine (C=N–C) groups is 1. The van der Waals surface area contributed by atoms with Crippen LogP contribution in [-0.2, 0) is 19.3 Å². The second-order valence-corrected chi connectivity index (χ2v) is 7.58. The predicted molar refractivity (Wildman–Crippen MR) is 117 cm³/mol. The Bertz CT molecular complexity index is 998. The summed E-state index contributed by atoms with van der Waals surface area (Å²) in [6.45, 7) is 2.81. The van der Waals surface area contributed by atoms with Crippen LogP contribution in [0, 0.1) is 0 Å². The first-order valence-electron chi connectivity index (χ1n) is 10.6. The molecule has 0 aliphatic heterocycles. The minimum absolute atomic E-state index is 0.171. The lowest BCUT2D eigenvalue weighted by atomic mass is 9.89. The van der Waals surface area contributed by atoms with E-state index in [1.54, 1.807) is 13.2 Å². The minimum atomic E-state index is 0.171. The van der Waals surface area contributed by atoms with Gasteiger partial charge in [0.1, 0.15) is 5.69 Å². The van der Waals surface area contributed by atoms with E-state index in [4.69, 9.17) is 4.52 Å². The summed E-state index contributed by atoms with van der Waals surface area (Å²) >= 11 is 0. The van der Waals surface area contributed by atoms with E-state index in [2.05, 4.69) is 55.9 Å². The number of nitrogens with one attached hydrogen (secondary N) is 2. The molecule has 2 N–H and O–H groups in total. The van der Waals surface area contributed by atoms with Crippen LogP contribution >= 0.6 is 0 Å². The van der Waals surface area contributed by atoms with E-state index in [0.29, 0.717) is 30.4 Å². The number of pyridine rings is 1. The second kappa shape index (κ2) is 9.52. The molecule has 1 aliphatic carbocycles. The molecule has 2 heterocycles. The summed E-state index contributed by atoms with van der Waals surface area (Å²) in [5.74, 6) is 1.84. The molecule has 7 nitrogen and oxygen atoms in total. The standard InChI is InChI=1S/C23H28N6O/c1-16(18-11-10-17-7-3-4-8-19(17)15-18)27-23(24-2)26-14-12-21-28-22(30-29-21)20-9-5-6-13-25-20/h5-6,9-11,13,15-16H,3-4,7-8,12,14H2,1-2H3,(H2,24,26,27). The largest absolute Gasteiger partial charge is 0.356 e. The number of aryl methyl sites for hydroxylation is 2. The molecule has 1 unspecified atom stereocenters. The molecule has 156 valence electrons. The number of hydrogen-bond acceptors (Lipinski definition) is 5. The summed E-state index contributed by atoms with van der Waals surface area (Å²) in [5, 5.41) is 10.8. The quantitative estimate of drug-likeness (QED) is 0.483. The van der Waals surface area contributed by atoms with Crippen LogP contribution in [0.5, 0.6) is 0 Å². The first kappa shape index (κ1) is 20.1. The molecule has 0 fully saturated rings. The number of nitrogens with zero attached hydrogens (tertiary/aromatic N) is 4. The average Bonchev–Trinajstić information content (AvgIpc) is 3.27. The SMILES string of the molecule is CN=C(NCCc1noc(-c2ccccn2)n1)NC(C)c1ccc2c(c1)CCCC2. The van der Waals surface area contributed by atoms with E-state index >= 15 is 0 Å². The molecule has 7 heteroatoms. The molecule has 0 bridgehead atoms. The summed E-state index contributed by atoms with van der Waals surface area (Å²) < 4.78 is 5.31. The molecular weight excluding hydrogens is 376 g/mol. The van der Waals surface area contributed by atoms with Gasteiger partial charge in [0.2, 0.25) is 0 Å². The topological polar surface area (TPSA) is 88.2 Å². The van der Waals surface area contributed by atoms with Gasteiger partial charge in [0.25, 0.3) is 5.89 Å². The number of guanidine groups is 1. The third-order valence-electron chi connectivity index (χ3n) is 5.44. The zero-order chi connectivity index (χ0) is 20.8. The van der Waals surface area contributed by atoms with Gasteiger partial charge in [-0.25, -0.2) is 0 Å². The maximum absolute atomic E-state index is 5.31. The summed E-state index contributed by atoms with van der Waals surface area (Å²) in [6.07, 6.45) is 7.33. The Labute approximate surface area is 177 Å². The maximum Gasteiger partial charge on any atom is 0.276 e. The molecule has 0 amide bonds. The fourth-order valence-electron chi connectivity index (χ4n) is 3.75. The summed E-state index contributed by atoms with van der Waals surface area (Å²) in [7, 11) is 1.78. The van der Waals surface area contributed by atoms with Crippen molar-refractivity contribution < 1.29 is 4.52 Å². The number of benzene rings is 1. The number of fused-ring (bicyclic) bond motifs is 1. The first-order valence-corrected chi connectivity index (χ1v) is 10.6. The molecule has 30 heavy (non-hydrogen) atoms. The Balaban J connectivity index is 1.29. The van der Waals surface area contributed by atoms with Crippen LogP contribution < -0.4 is 10.6 Å². The van der Waals surface area contributed by atoms with Gasteiger partial charge < -0.3 is 15.2 Å². The van der Waals surface area contributed by atoms with E-state index in [9.17, 15) is 0 Å². The molecule has 1 aliphatic rings. The van der Waals surface area contributed by atoms with Crippen molar-refractivity contribution in [1.29, 1.82) is 0 Å². The number of aromatic nitrogens is 3. The van der Waals surface area contributed by atoms with Gasteiger partial charge in [-0.2, -0.15) is 4.98 Å². The van der Waals surface area contributed by atoms with Crippen molar-refractivity contribution >= 4 is 5.96 Å². The van der Waals surface area contributed by atoms with Gasteiger partial charge >= 0.3 is 0 Å². The Morgan fingerprint density at radius 3 is 2.83 bits per heavy atom. The van der Waals surface area contributed by atoms with Crippen LogP contribution in [0.1, 0.15) is 48.3 Å². The highest BCUT2D eigenvalue weighted by molar-refractivity contribution is 5.80. The van der Waals surface area contributed by atoms with Crippen LogP contribution in [0.15, 0.2) is 52.1 Å². The highest BCUT2D eigenvalue weighted by Gasteiger charge is 2.14. The lowest BCUT2D eigenvalue weighted by molar-refractivity contribution is 0.421. The van der Waals surface area contributed by atoms with Crippen LogP contribution in [0.25, 0.3) is 11.6 Å². The second-order valence-electron chi connectivity index (χ2n) is 7.58. The fourth-order valence-corrected chi connectivity index (χ4v) is 3.75. The highest BCUT2D eigenvalue weighted by atomic mass is 16.5. The van der Waals surface area contributed by atoms with Crippen molar-refractivity contribution in [2.75, 3.05) is 13.6 Å². The molecular formula is C23H28N6O. The molecule has 0 radical (unpaired) electrons. The van der Waals surface area contributed by atoms with Crippen LogP contribution in [0.2, 0.25) is 0 Å². The van der Waals surface area contributed by atoms with Crippen molar-refractivity contribution in [3.63, 3.8) is 0 Å². The number of hydrogen-bond donors (Lipinski definition) is 2. The van der Waals surface area contributed by atoms with Gasteiger partial charge in [-0.15, -0.1) is 0 Å². The predicted octanol–water partition coefficient (Wildman–Crippen LogP) is 3.48. The van der Waals surface area contributed by atoms with Crippen LogP contribution in [0.3, 0.4) is 0 Å². The molecule has 0 spiro atoms. The van der Waals surface area contributed by atoms with Gasteiger partial charge in [-0.1, -0.05) is 29.4 Å². The highest BCUT2D eigenvalue weighted by Crippen LogP contribution is 2.24. The first-order chi connectivity index (χ1) is 14.7. The minimum Gasteiger partial charge on any atom is -0.356 e. The lowest BCUT2D eigenvalue weighted by Gasteiger charge is -2.21. The van der Waals surface area contributed by atoms with Crippen molar-refractivity contribution in [3.8, 4) is 11.6 Å². The lowest BCUT2D eigenvalue weighted by Crippen LogP contribution is -2.39. The van der Waals surface area contributed by atoms with E-state index in [0.717, 1.165) is 5.96 Å². The summed E-state index contributed by atoms with van der Waals surface area (Å²) in [4.78, 5) is 13.0. The fraction of sp³-hybridized carbons (Fsp3) is 0.391. The Morgan fingerprint density at radius 2 is 2.03 bits per heavy atom. The summed E-state index contributed by atoms with van der Waals surface area (Å²) in [5.41, 5.74) is 4.97. The zero-order valence-electron chi connectivity index (χ0n) is 17.6. The number of rotatable bonds is 6. The molecule has 2 aromatic heterocycles. The third-order valence-corrected chi connectivity index (χ3v) is 5.44. The monoisotopic (exact) mass is 404 g/mol. The molecule has 1 atom stereocenters. The van der Waals surface area contributed by atoms with Crippen molar-refractivity contribution in [2.24, 2.45) is 4.99 Å². The Morgan fingerprint density at radius 1 is 1.17 bits per heavy atom. The Hall–Kier alpha value is -3.22. The Kier molecular flexibility index (Phi) is 6.37. The molecule has 1 aromatic carbocycles. The molecule has 4 rings (SSSR count). The van der Waals surface area contributed by atoms with Gasteiger partial charge in [0, 0.05) is 26.2 Å². The third kappa shape index (κ3) is 4.84. The maximum atomic E-state index is 5.31. The normalized spacial score (nSPS) is 14.8. The average molecular weight is 405 g/mol. The summed E-state index contributed by atoms with van der Waals surface area (Å²) in [6, 6.07) is 12.6. The van der Waals surface area contributed by atoms with Crippen molar-refractivity contribution in [2.45, 2.75) is 45.1 Å². The zero-order valence-corrected chi connectivity index (χ0v) is 17.6. The molecule has 0 saturated heterocycles. The van der Waals surface area contributed by atoms with Gasteiger partial charge in [0.05, 0.1) is 6.04 Å². The van der Waals surface area contributed by atoms with Crippen molar-refractivity contribution in [1.82, 2.24) is 25.8 Å². The smallest absolute Gasteiger partial charge is 0.276 e. The van der Waals surface area contributed by atoms with Crippen LogP contribution in [-0.4, -0.2) is 34.7 Å². The molecule has 3 aromatic rings. The van der Waals surface area contributed by atoms with Gasteiger partial charge in [-0.3, -0.25) is 9.98 Å². The van der Waals surface area contributed by atoms with Gasteiger partial charge in [-0.05, 0) is 61.4 Å². The van der Waals surface area contributed by atoms with Gasteiger partial charge in [0.15, 0.2) is 11.8 Å². The van der Waals surface area contributed by atoms with E-state index in [1.165, 1.54) is 42.4 Å². The van der Waals surface area contributed by atoms with E-state index < -0.39 is 0 Å². The van der Waals surface area contributed by atoms with E-state index in [-0.39, 0.29) is 6.04 Å². The van der Waals surface area contributed by atoms with E-state index in [1.807, 2.05) is 18.2 Å². The van der Waals surface area contributed by atoms with Crippen LogP contribution in [0.4, 0.5) is 0 Å². The van der Waals surface area contributed by atoms with Crippen molar-refractivity contribution in [3.05, 3.63) is 65.1 Å². The molecule has 0 saturated carbocycles.